The van der Waals surface area contributed by atoms with Crippen LogP contribution in [0.5, 0.6) is 11.5 Å². The number of hydrogen-bond acceptors (Lipinski definition) is 7. The highest BCUT2D eigenvalue weighted by Crippen LogP contribution is 2.32. The van der Waals surface area contributed by atoms with Crippen LogP contribution < -0.4 is 14.2 Å². The molecule has 0 radical (unpaired) electrons. The van der Waals surface area contributed by atoms with E-state index in [1.807, 2.05) is 0 Å². The average molecular weight is 313 g/mol. The van der Waals surface area contributed by atoms with Crippen molar-refractivity contribution in [2.45, 2.75) is 17.8 Å². The van der Waals surface area contributed by atoms with Gasteiger partial charge in [-0.05, 0) is 24.6 Å². The summed E-state index contributed by atoms with van der Waals surface area (Å²) in [6.45, 7) is 2.04. The van der Waals surface area contributed by atoms with E-state index in [-0.39, 0.29) is 17.7 Å². The van der Waals surface area contributed by atoms with E-state index >= 15 is 0 Å². The standard InChI is InChI=1S/C11H11N3O4S2/c1-7-13-14-11(19-7)20(15,16)12-5-8-2-3-9-10(4-8)18-6-17-9/h2-4,12H,5-6H2,1H3. The van der Waals surface area contributed by atoms with Gasteiger partial charge in [-0.1, -0.05) is 17.4 Å². The van der Waals surface area contributed by atoms with Gasteiger partial charge in [0.2, 0.25) is 11.1 Å². The Kier molecular flexibility index (Phi) is 3.32. The Morgan fingerprint density at radius 1 is 1.30 bits per heavy atom. The maximum absolute atomic E-state index is 12.0. The Bertz CT molecular complexity index is 742. The normalized spacial score (nSPS) is 13.7. The highest BCUT2D eigenvalue weighted by atomic mass is 32.2. The molecular formula is C11H11N3O4S2. The van der Waals surface area contributed by atoms with Crippen molar-refractivity contribution in [1.29, 1.82) is 0 Å². The van der Waals surface area contributed by atoms with E-state index in [4.69, 9.17) is 9.47 Å². The number of benzene rings is 1. The summed E-state index contributed by atoms with van der Waals surface area (Å²) in [6.07, 6.45) is 0. The summed E-state index contributed by atoms with van der Waals surface area (Å²) in [5, 5.41) is 7.93. The molecule has 0 fully saturated rings. The van der Waals surface area contributed by atoms with Gasteiger partial charge < -0.3 is 9.47 Å². The monoisotopic (exact) mass is 313 g/mol. The Balaban J connectivity index is 1.73. The summed E-state index contributed by atoms with van der Waals surface area (Å²) < 4.78 is 36.9. The lowest BCUT2D eigenvalue weighted by Crippen LogP contribution is -2.23. The first-order valence-corrected chi connectivity index (χ1v) is 8.03. The van der Waals surface area contributed by atoms with Crippen molar-refractivity contribution in [2.24, 2.45) is 0 Å². The highest BCUT2D eigenvalue weighted by Gasteiger charge is 2.19. The fourth-order valence-corrected chi connectivity index (χ4v) is 3.70. The number of fused-ring (bicyclic) bond motifs is 1. The van der Waals surface area contributed by atoms with E-state index in [0.29, 0.717) is 16.5 Å². The Hall–Kier alpha value is -1.71. The van der Waals surface area contributed by atoms with Crippen LogP contribution in [0.3, 0.4) is 0 Å². The second kappa shape index (κ2) is 5.00. The molecule has 0 unspecified atom stereocenters. The number of nitrogens with zero attached hydrogens (tertiary/aromatic N) is 2. The molecule has 0 saturated heterocycles. The van der Waals surface area contributed by atoms with Gasteiger partial charge in [-0.3, -0.25) is 0 Å². The maximum Gasteiger partial charge on any atom is 0.270 e. The van der Waals surface area contributed by atoms with Crippen molar-refractivity contribution in [3.8, 4) is 11.5 Å². The van der Waals surface area contributed by atoms with Crippen molar-refractivity contribution >= 4 is 21.4 Å². The van der Waals surface area contributed by atoms with Crippen LogP contribution in [0, 0.1) is 6.92 Å². The second-order valence-corrected chi connectivity index (χ2v) is 7.22. The molecule has 0 amide bonds. The van der Waals surface area contributed by atoms with E-state index in [1.165, 1.54) is 0 Å². The third-order valence-electron chi connectivity index (χ3n) is 2.64. The number of sulfonamides is 1. The SMILES string of the molecule is Cc1nnc(S(=O)(=O)NCc2ccc3c(c2)OCO3)s1. The van der Waals surface area contributed by atoms with Gasteiger partial charge in [-0.25, -0.2) is 13.1 Å². The third-order valence-corrected chi connectivity index (χ3v) is 5.25. The molecule has 0 bridgehead atoms. The Morgan fingerprint density at radius 2 is 2.10 bits per heavy atom. The molecule has 0 atom stereocenters. The molecule has 106 valence electrons. The van der Waals surface area contributed by atoms with Crippen molar-refractivity contribution in [3.63, 3.8) is 0 Å². The number of aromatic nitrogens is 2. The van der Waals surface area contributed by atoms with Gasteiger partial charge in [0.1, 0.15) is 5.01 Å². The topological polar surface area (TPSA) is 90.4 Å². The molecule has 1 aliphatic rings. The van der Waals surface area contributed by atoms with Crippen LogP contribution in [-0.4, -0.2) is 25.4 Å². The largest absolute Gasteiger partial charge is 0.454 e. The first-order chi connectivity index (χ1) is 9.54. The van der Waals surface area contributed by atoms with E-state index in [9.17, 15) is 8.42 Å². The van der Waals surface area contributed by atoms with E-state index in [1.54, 1.807) is 25.1 Å². The molecule has 1 N–H and O–H groups in total. The number of rotatable bonds is 4. The lowest BCUT2D eigenvalue weighted by molar-refractivity contribution is 0.174. The van der Waals surface area contributed by atoms with Gasteiger partial charge in [0.15, 0.2) is 11.5 Å². The molecular weight excluding hydrogens is 302 g/mol. The highest BCUT2D eigenvalue weighted by molar-refractivity contribution is 7.91. The van der Waals surface area contributed by atoms with Crippen molar-refractivity contribution in [3.05, 3.63) is 28.8 Å². The smallest absolute Gasteiger partial charge is 0.270 e. The maximum atomic E-state index is 12.0. The molecule has 1 aromatic carbocycles. The molecule has 0 aliphatic carbocycles. The number of aryl methyl sites for hydroxylation is 1. The van der Waals surface area contributed by atoms with Gasteiger partial charge in [0.05, 0.1) is 0 Å². The van der Waals surface area contributed by atoms with Crippen molar-refractivity contribution in [1.82, 2.24) is 14.9 Å². The van der Waals surface area contributed by atoms with Crippen molar-refractivity contribution < 1.29 is 17.9 Å². The van der Waals surface area contributed by atoms with Crippen LogP contribution in [0.4, 0.5) is 0 Å². The molecule has 1 aliphatic heterocycles. The Labute approximate surface area is 119 Å². The van der Waals surface area contributed by atoms with E-state index in [0.717, 1.165) is 16.9 Å². The predicted molar refractivity (Wildman–Crippen MR) is 71.2 cm³/mol. The van der Waals surface area contributed by atoms with E-state index in [2.05, 4.69) is 14.9 Å². The van der Waals surface area contributed by atoms with Crippen LogP contribution >= 0.6 is 11.3 Å². The summed E-state index contributed by atoms with van der Waals surface area (Å²) in [7, 11) is -3.63. The first-order valence-electron chi connectivity index (χ1n) is 5.73. The minimum atomic E-state index is -3.63. The fraction of sp³-hybridized carbons (Fsp3) is 0.273. The lowest BCUT2D eigenvalue weighted by atomic mass is 10.2. The molecule has 3 rings (SSSR count). The summed E-state index contributed by atoms with van der Waals surface area (Å²) in [6, 6.07) is 5.28. The van der Waals surface area contributed by atoms with E-state index < -0.39 is 10.0 Å². The first kappa shape index (κ1) is 13.3. The Morgan fingerprint density at radius 3 is 2.85 bits per heavy atom. The molecule has 7 nitrogen and oxygen atoms in total. The van der Waals surface area contributed by atoms with Gasteiger partial charge in [0.25, 0.3) is 10.0 Å². The number of hydrogen-bond donors (Lipinski definition) is 1. The summed E-state index contributed by atoms with van der Waals surface area (Å²) in [4.78, 5) is 0. The quantitative estimate of drug-likeness (QED) is 0.907. The van der Waals surface area contributed by atoms with Crippen LogP contribution in [-0.2, 0) is 16.6 Å². The van der Waals surface area contributed by atoms with Gasteiger partial charge in [-0.15, -0.1) is 10.2 Å². The number of ether oxygens (including phenoxy) is 2. The number of nitrogens with one attached hydrogen (secondary N) is 1. The van der Waals surface area contributed by atoms with Crippen molar-refractivity contribution in [2.75, 3.05) is 6.79 Å². The zero-order valence-electron chi connectivity index (χ0n) is 10.5. The van der Waals surface area contributed by atoms with Crippen LogP contribution in [0.15, 0.2) is 22.5 Å². The molecule has 1 aromatic heterocycles. The van der Waals surface area contributed by atoms with Crippen LogP contribution in [0.25, 0.3) is 0 Å². The van der Waals surface area contributed by atoms with Crippen LogP contribution in [0.2, 0.25) is 0 Å². The molecule has 2 heterocycles. The zero-order valence-corrected chi connectivity index (χ0v) is 12.1. The molecule has 2 aromatic rings. The second-order valence-electron chi connectivity index (χ2n) is 4.10. The predicted octanol–water partition coefficient (Wildman–Crippen LogP) is 1.05. The molecule has 0 saturated carbocycles. The summed E-state index contributed by atoms with van der Waals surface area (Å²) >= 11 is 1.03. The molecule has 9 heteroatoms. The lowest BCUT2D eigenvalue weighted by Gasteiger charge is -2.04. The summed E-state index contributed by atoms with van der Waals surface area (Å²) in [5.41, 5.74) is 0.777. The van der Waals surface area contributed by atoms with Gasteiger partial charge >= 0.3 is 0 Å². The zero-order chi connectivity index (χ0) is 14.2. The summed E-state index contributed by atoms with van der Waals surface area (Å²) in [5.74, 6) is 1.28. The van der Waals surface area contributed by atoms with Crippen LogP contribution in [0.1, 0.15) is 10.6 Å². The van der Waals surface area contributed by atoms with Gasteiger partial charge in [-0.2, -0.15) is 0 Å². The minimum Gasteiger partial charge on any atom is -0.454 e. The third kappa shape index (κ3) is 2.60. The molecule has 20 heavy (non-hydrogen) atoms. The minimum absolute atomic E-state index is 0.0317. The molecule has 0 spiro atoms. The fourth-order valence-electron chi connectivity index (χ4n) is 1.68. The average Bonchev–Trinajstić information content (AvgIpc) is 3.04. The van der Waals surface area contributed by atoms with Gasteiger partial charge in [0, 0.05) is 6.54 Å².